The molecule has 118 valence electrons. The smallest absolute Gasteiger partial charge is 0.243 e. The van der Waals surface area contributed by atoms with Gasteiger partial charge in [0.1, 0.15) is 0 Å². The second-order valence-corrected chi connectivity index (χ2v) is 7.35. The Morgan fingerprint density at radius 1 is 1.33 bits per heavy atom. The van der Waals surface area contributed by atoms with E-state index in [2.05, 4.69) is 5.32 Å². The molecule has 0 spiro atoms. The topological polar surface area (TPSA) is 58.6 Å². The van der Waals surface area contributed by atoms with Crippen LogP contribution < -0.4 is 5.32 Å². The molecule has 0 saturated heterocycles. The van der Waals surface area contributed by atoms with Gasteiger partial charge in [-0.3, -0.25) is 0 Å². The SMILES string of the molecule is CNc1ccc(S(=O)(=O)N(CCOC)C(C)C2CC2)cc1. The molecule has 1 aromatic rings. The lowest BCUT2D eigenvalue weighted by Crippen LogP contribution is -2.41. The van der Waals surface area contributed by atoms with Gasteiger partial charge in [0, 0.05) is 32.4 Å². The van der Waals surface area contributed by atoms with E-state index >= 15 is 0 Å². The van der Waals surface area contributed by atoms with E-state index in [0.717, 1.165) is 18.5 Å². The summed E-state index contributed by atoms with van der Waals surface area (Å²) in [5.41, 5.74) is 0.896. The molecule has 0 aromatic heterocycles. The van der Waals surface area contributed by atoms with Crippen LogP contribution in [0.2, 0.25) is 0 Å². The van der Waals surface area contributed by atoms with Crippen molar-refractivity contribution >= 4 is 15.7 Å². The van der Waals surface area contributed by atoms with E-state index in [4.69, 9.17) is 4.74 Å². The van der Waals surface area contributed by atoms with Crippen LogP contribution in [0, 0.1) is 5.92 Å². The summed E-state index contributed by atoms with van der Waals surface area (Å²) in [6.45, 7) is 2.79. The molecule has 0 heterocycles. The third-order valence-electron chi connectivity index (χ3n) is 4.02. The number of nitrogens with one attached hydrogen (secondary N) is 1. The molecule has 1 atom stereocenters. The summed E-state index contributed by atoms with van der Waals surface area (Å²) >= 11 is 0. The minimum atomic E-state index is -3.48. The van der Waals surface area contributed by atoms with Crippen LogP contribution in [0.3, 0.4) is 0 Å². The second kappa shape index (κ2) is 6.77. The summed E-state index contributed by atoms with van der Waals surface area (Å²) in [5.74, 6) is 0.480. The molecule has 0 radical (unpaired) electrons. The van der Waals surface area contributed by atoms with E-state index in [1.807, 2.05) is 14.0 Å². The average Bonchev–Trinajstić information content (AvgIpc) is 3.32. The Balaban J connectivity index is 2.26. The Hall–Kier alpha value is -1.11. The molecule has 2 rings (SSSR count). The van der Waals surface area contributed by atoms with Crippen molar-refractivity contribution in [2.75, 3.05) is 32.6 Å². The minimum Gasteiger partial charge on any atom is -0.388 e. The third kappa shape index (κ3) is 3.75. The Labute approximate surface area is 127 Å². The maximum Gasteiger partial charge on any atom is 0.243 e. The Kier molecular flexibility index (Phi) is 5.24. The van der Waals surface area contributed by atoms with E-state index < -0.39 is 10.0 Å². The fourth-order valence-electron chi connectivity index (χ4n) is 2.47. The van der Waals surface area contributed by atoms with Crippen LogP contribution in [0.5, 0.6) is 0 Å². The van der Waals surface area contributed by atoms with Crippen LogP contribution >= 0.6 is 0 Å². The van der Waals surface area contributed by atoms with Crippen molar-refractivity contribution in [1.82, 2.24) is 4.31 Å². The highest BCUT2D eigenvalue weighted by Crippen LogP contribution is 2.37. The number of nitrogens with zero attached hydrogens (tertiary/aromatic N) is 1. The molecule has 0 aliphatic heterocycles. The molecule has 0 bridgehead atoms. The molecule has 1 N–H and O–H groups in total. The van der Waals surface area contributed by atoms with Crippen LogP contribution in [0.25, 0.3) is 0 Å². The third-order valence-corrected chi connectivity index (χ3v) is 6.02. The molecule has 5 nitrogen and oxygen atoms in total. The van der Waals surface area contributed by atoms with Gasteiger partial charge in [0.25, 0.3) is 0 Å². The molecular weight excluding hydrogens is 288 g/mol. The normalized spacial score (nSPS) is 17.0. The van der Waals surface area contributed by atoms with E-state index in [1.54, 1.807) is 35.7 Å². The Morgan fingerprint density at radius 2 is 1.95 bits per heavy atom. The van der Waals surface area contributed by atoms with Crippen LogP contribution in [-0.2, 0) is 14.8 Å². The standard InChI is InChI=1S/C15H24N2O3S/c1-12(13-4-5-13)17(10-11-20-3)21(18,19)15-8-6-14(16-2)7-9-15/h6-9,12-13,16H,4-5,10-11H2,1-3H3. The fraction of sp³-hybridized carbons (Fsp3) is 0.600. The first-order chi connectivity index (χ1) is 10.0. The Bertz CT molecular complexity index is 553. The number of hydrogen-bond donors (Lipinski definition) is 1. The van der Waals surface area contributed by atoms with Gasteiger partial charge in [0.15, 0.2) is 0 Å². The van der Waals surface area contributed by atoms with Crippen molar-refractivity contribution in [1.29, 1.82) is 0 Å². The van der Waals surface area contributed by atoms with Gasteiger partial charge in [-0.05, 0) is 49.9 Å². The average molecular weight is 312 g/mol. The molecule has 1 saturated carbocycles. The zero-order valence-corrected chi connectivity index (χ0v) is 13.7. The highest BCUT2D eigenvalue weighted by Gasteiger charge is 2.37. The van der Waals surface area contributed by atoms with E-state index in [0.29, 0.717) is 24.0 Å². The van der Waals surface area contributed by atoms with Crippen molar-refractivity contribution in [3.63, 3.8) is 0 Å². The quantitative estimate of drug-likeness (QED) is 0.799. The summed E-state index contributed by atoms with van der Waals surface area (Å²) in [5, 5.41) is 2.99. The number of benzene rings is 1. The van der Waals surface area contributed by atoms with Crippen molar-refractivity contribution in [3.05, 3.63) is 24.3 Å². The van der Waals surface area contributed by atoms with E-state index in [9.17, 15) is 8.42 Å². The lowest BCUT2D eigenvalue weighted by molar-refractivity contribution is 0.164. The van der Waals surface area contributed by atoms with Crippen molar-refractivity contribution < 1.29 is 13.2 Å². The lowest BCUT2D eigenvalue weighted by Gasteiger charge is -2.28. The van der Waals surface area contributed by atoms with Crippen molar-refractivity contribution in [2.24, 2.45) is 5.92 Å². The summed E-state index contributed by atoms with van der Waals surface area (Å²) in [7, 11) is -0.0763. The first-order valence-electron chi connectivity index (χ1n) is 7.29. The van der Waals surface area contributed by atoms with Crippen LogP contribution in [0.4, 0.5) is 5.69 Å². The predicted octanol–water partition coefficient (Wildman–Crippen LogP) is 2.16. The molecule has 1 aromatic carbocycles. The molecule has 6 heteroatoms. The monoisotopic (exact) mass is 312 g/mol. The van der Waals surface area contributed by atoms with Gasteiger partial charge in [-0.15, -0.1) is 0 Å². The summed E-state index contributed by atoms with van der Waals surface area (Å²) in [6, 6.07) is 6.89. The van der Waals surface area contributed by atoms with Crippen LogP contribution in [0.1, 0.15) is 19.8 Å². The fourth-order valence-corrected chi connectivity index (χ4v) is 4.14. The van der Waals surface area contributed by atoms with Gasteiger partial charge in [0.05, 0.1) is 11.5 Å². The molecule has 0 amide bonds. The zero-order valence-electron chi connectivity index (χ0n) is 12.9. The number of ether oxygens (including phenoxy) is 1. The minimum absolute atomic E-state index is 0.0223. The highest BCUT2D eigenvalue weighted by atomic mass is 32.2. The Morgan fingerprint density at radius 3 is 2.43 bits per heavy atom. The molecule has 1 unspecified atom stereocenters. The van der Waals surface area contributed by atoms with Crippen LogP contribution in [-0.4, -0.2) is 46.1 Å². The maximum absolute atomic E-state index is 12.9. The molecule has 21 heavy (non-hydrogen) atoms. The van der Waals surface area contributed by atoms with E-state index in [1.165, 1.54) is 0 Å². The lowest BCUT2D eigenvalue weighted by atomic mass is 10.2. The highest BCUT2D eigenvalue weighted by molar-refractivity contribution is 7.89. The van der Waals surface area contributed by atoms with Gasteiger partial charge < -0.3 is 10.1 Å². The predicted molar refractivity (Wildman–Crippen MR) is 83.9 cm³/mol. The van der Waals surface area contributed by atoms with Crippen LogP contribution in [0.15, 0.2) is 29.2 Å². The van der Waals surface area contributed by atoms with Crippen molar-refractivity contribution in [2.45, 2.75) is 30.7 Å². The number of sulfonamides is 1. The number of anilines is 1. The molecule has 1 aliphatic rings. The second-order valence-electron chi connectivity index (χ2n) is 5.46. The number of rotatable bonds is 8. The maximum atomic E-state index is 12.9. The number of hydrogen-bond acceptors (Lipinski definition) is 4. The van der Waals surface area contributed by atoms with Gasteiger partial charge in [-0.1, -0.05) is 0 Å². The molecular formula is C15H24N2O3S. The zero-order chi connectivity index (χ0) is 15.5. The van der Waals surface area contributed by atoms with Gasteiger partial charge >= 0.3 is 0 Å². The van der Waals surface area contributed by atoms with Gasteiger partial charge in [-0.2, -0.15) is 4.31 Å². The van der Waals surface area contributed by atoms with Gasteiger partial charge in [0.2, 0.25) is 10.0 Å². The van der Waals surface area contributed by atoms with E-state index in [-0.39, 0.29) is 6.04 Å². The van der Waals surface area contributed by atoms with Crippen molar-refractivity contribution in [3.8, 4) is 0 Å². The first-order valence-corrected chi connectivity index (χ1v) is 8.73. The number of methoxy groups -OCH3 is 1. The van der Waals surface area contributed by atoms with Gasteiger partial charge in [-0.25, -0.2) is 8.42 Å². The summed E-state index contributed by atoms with van der Waals surface area (Å²) < 4.78 is 32.4. The first kappa shape index (κ1) is 16.3. The summed E-state index contributed by atoms with van der Waals surface area (Å²) in [4.78, 5) is 0.338. The summed E-state index contributed by atoms with van der Waals surface area (Å²) in [6.07, 6.45) is 2.22. The molecule has 1 fully saturated rings. The molecule has 1 aliphatic carbocycles. The largest absolute Gasteiger partial charge is 0.388 e.